The van der Waals surface area contributed by atoms with Crippen molar-refractivity contribution in [1.82, 2.24) is 10.9 Å². The average Bonchev–Trinajstić information content (AvgIpc) is 3.02. The molecule has 0 unspecified atom stereocenters. The fraction of sp³-hybridized carbons (Fsp3) is 0.167. The van der Waals surface area contributed by atoms with Gasteiger partial charge in [0, 0.05) is 24.2 Å². The predicted octanol–water partition coefficient (Wildman–Crippen LogP) is 1.64. The number of hydrazine groups is 1. The van der Waals surface area contributed by atoms with Crippen LogP contribution in [-0.2, 0) is 9.59 Å². The fourth-order valence-corrected chi connectivity index (χ4v) is 2.66. The Balaban J connectivity index is 1.57. The third-order valence-corrected chi connectivity index (χ3v) is 3.95. The van der Waals surface area contributed by atoms with Crippen molar-refractivity contribution >= 4 is 23.4 Å². The van der Waals surface area contributed by atoms with Gasteiger partial charge in [-0.25, -0.2) is 4.39 Å². The highest BCUT2D eigenvalue weighted by molar-refractivity contribution is 6.01. The Kier molecular flexibility index (Phi) is 4.74. The summed E-state index contributed by atoms with van der Waals surface area (Å²) in [6.45, 7) is 0.241. The van der Waals surface area contributed by atoms with E-state index in [1.165, 1.54) is 18.2 Å². The molecular weight excluding hydrogens is 325 g/mol. The van der Waals surface area contributed by atoms with Crippen LogP contribution in [0.5, 0.6) is 0 Å². The molecule has 0 bridgehead atoms. The zero-order valence-electron chi connectivity index (χ0n) is 13.2. The van der Waals surface area contributed by atoms with Gasteiger partial charge in [-0.05, 0) is 30.3 Å². The summed E-state index contributed by atoms with van der Waals surface area (Å²) in [6, 6.07) is 14.2. The Morgan fingerprint density at radius 3 is 2.52 bits per heavy atom. The van der Waals surface area contributed by atoms with Crippen LogP contribution in [0, 0.1) is 11.7 Å². The van der Waals surface area contributed by atoms with Gasteiger partial charge in [0.15, 0.2) is 0 Å². The second kappa shape index (κ2) is 7.12. The lowest BCUT2D eigenvalue weighted by atomic mass is 10.1. The smallest absolute Gasteiger partial charge is 0.269 e. The van der Waals surface area contributed by atoms with E-state index >= 15 is 0 Å². The van der Waals surface area contributed by atoms with Crippen molar-refractivity contribution in [1.29, 1.82) is 0 Å². The maximum Gasteiger partial charge on any atom is 0.269 e. The molecule has 0 radical (unpaired) electrons. The lowest BCUT2D eigenvalue weighted by Crippen LogP contribution is -2.45. The van der Waals surface area contributed by atoms with Crippen LogP contribution in [0.4, 0.5) is 10.1 Å². The number of rotatable bonds is 3. The van der Waals surface area contributed by atoms with Gasteiger partial charge in [-0.2, -0.15) is 0 Å². The first-order valence-electron chi connectivity index (χ1n) is 7.76. The molecule has 2 N–H and O–H groups in total. The molecule has 2 aromatic rings. The van der Waals surface area contributed by atoms with Gasteiger partial charge in [-0.1, -0.05) is 24.3 Å². The van der Waals surface area contributed by atoms with Crippen LogP contribution in [0.25, 0.3) is 0 Å². The molecule has 0 aliphatic carbocycles. The molecule has 3 amide bonds. The molecule has 1 aliphatic rings. The summed E-state index contributed by atoms with van der Waals surface area (Å²) in [4.78, 5) is 37.7. The molecule has 1 fully saturated rings. The van der Waals surface area contributed by atoms with Gasteiger partial charge < -0.3 is 4.90 Å². The van der Waals surface area contributed by atoms with E-state index in [1.807, 2.05) is 18.2 Å². The molecule has 25 heavy (non-hydrogen) atoms. The van der Waals surface area contributed by atoms with Gasteiger partial charge in [-0.3, -0.25) is 25.2 Å². The first-order valence-corrected chi connectivity index (χ1v) is 7.76. The van der Waals surface area contributed by atoms with Gasteiger partial charge in [0.1, 0.15) is 5.82 Å². The van der Waals surface area contributed by atoms with Crippen LogP contribution < -0.4 is 15.8 Å². The van der Waals surface area contributed by atoms with E-state index in [-0.39, 0.29) is 24.4 Å². The molecule has 0 aromatic heterocycles. The maximum absolute atomic E-state index is 13.1. The topological polar surface area (TPSA) is 78.5 Å². The summed E-state index contributed by atoms with van der Waals surface area (Å²) in [5, 5.41) is 0. The van der Waals surface area contributed by atoms with Crippen molar-refractivity contribution < 1.29 is 18.8 Å². The van der Waals surface area contributed by atoms with Crippen LogP contribution >= 0.6 is 0 Å². The molecule has 1 heterocycles. The number of nitrogens with zero attached hydrogens (tertiary/aromatic N) is 1. The molecular formula is C18H16FN3O3. The minimum Gasteiger partial charge on any atom is -0.312 e. The van der Waals surface area contributed by atoms with Gasteiger partial charge in [0.2, 0.25) is 11.8 Å². The number of carbonyl (C=O) groups is 3. The number of carbonyl (C=O) groups excluding carboxylic acids is 3. The van der Waals surface area contributed by atoms with Crippen LogP contribution in [0.3, 0.4) is 0 Å². The third kappa shape index (κ3) is 3.82. The summed E-state index contributed by atoms with van der Waals surface area (Å²) in [6.07, 6.45) is 0.0660. The Morgan fingerprint density at radius 1 is 1.04 bits per heavy atom. The zero-order chi connectivity index (χ0) is 17.8. The van der Waals surface area contributed by atoms with Crippen molar-refractivity contribution in [3.8, 4) is 0 Å². The van der Waals surface area contributed by atoms with E-state index < -0.39 is 23.5 Å². The van der Waals surface area contributed by atoms with Gasteiger partial charge in [0.25, 0.3) is 5.91 Å². The predicted molar refractivity (Wildman–Crippen MR) is 88.9 cm³/mol. The summed E-state index contributed by atoms with van der Waals surface area (Å²) in [7, 11) is 0. The number of amides is 3. The van der Waals surface area contributed by atoms with E-state index in [9.17, 15) is 18.8 Å². The number of hydrogen-bond donors (Lipinski definition) is 2. The average molecular weight is 341 g/mol. The second-order valence-corrected chi connectivity index (χ2v) is 5.69. The zero-order valence-corrected chi connectivity index (χ0v) is 13.2. The molecule has 6 nitrogen and oxygen atoms in total. The van der Waals surface area contributed by atoms with Crippen LogP contribution in [0.1, 0.15) is 16.8 Å². The fourth-order valence-electron chi connectivity index (χ4n) is 2.66. The Bertz CT molecular complexity index is 810. The molecule has 1 atom stereocenters. The van der Waals surface area contributed by atoms with Gasteiger partial charge in [0.05, 0.1) is 5.92 Å². The highest BCUT2D eigenvalue weighted by Crippen LogP contribution is 2.24. The van der Waals surface area contributed by atoms with E-state index in [0.29, 0.717) is 0 Å². The number of para-hydroxylation sites is 1. The normalized spacial score (nSPS) is 16.6. The number of anilines is 1. The van der Waals surface area contributed by atoms with Crippen molar-refractivity contribution in [2.75, 3.05) is 11.4 Å². The largest absolute Gasteiger partial charge is 0.312 e. The molecule has 128 valence electrons. The number of benzene rings is 2. The van der Waals surface area contributed by atoms with E-state index in [0.717, 1.165) is 11.8 Å². The third-order valence-electron chi connectivity index (χ3n) is 3.95. The Morgan fingerprint density at radius 2 is 1.80 bits per heavy atom. The summed E-state index contributed by atoms with van der Waals surface area (Å²) in [5.41, 5.74) is 5.35. The molecule has 0 spiro atoms. The minimum atomic E-state index is -0.628. The van der Waals surface area contributed by atoms with Crippen LogP contribution in [-0.4, -0.2) is 24.3 Å². The van der Waals surface area contributed by atoms with Gasteiger partial charge in [-0.15, -0.1) is 0 Å². The molecule has 3 rings (SSSR count). The van der Waals surface area contributed by atoms with Gasteiger partial charge >= 0.3 is 0 Å². The van der Waals surface area contributed by atoms with Crippen LogP contribution in [0.15, 0.2) is 54.6 Å². The number of hydrogen-bond acceptors (Lipinski definition) is 3. The lowest BCUT2D eigenvalue weighted by molar-refractivity contribution is -0.126. The van der Waals surface area contributed by atoms with E-state index in [4.69, 9.17) is 0 Å². The quantitative estimate of drug-likeness (QED) is 0.833. The molecule has 1 aliphatic heterocycles. The van der Waals surface area contributed by atoms with Crippen molar-refractivity contribution in [3.05, 3.63) is 66.0 Å². The summed E-state index contributed by atoms with van der Waals surface area (Å²) in [5.74, 6) is -2.35. The first kappa shape index (κ1) is 16.6. The summed E-state index contributed by atoms with van der Waals surface area (Å²) < 4.78 is 13.1. The van der Waals surface area contributed by atoms with Crippen molar-refractivity contribution in [2.24, 2.45) is 5.92 Å². The molecule has 2 aromatic carbocycles. The first-order chi connectivity index (χ1) is 12.0. The lowest BCUT2D eigenvalue weighted by Gasteiger charge is -2.16. The van der Waals surface area contributed by atoms with Crippen molar-refractivity contribution in [2.45, 2.75) is 6.42 Å². The van der Waals surface area contributed by atoms with Crippen LogP contribution in [0.2, 0.25) is 0 Å². The summed E-state index contributed by atoms with van der Waals surface area (Å²) >= 11 is 0. The highest BCUT2D eigenvalue weighted by atomic mass is 19.1. The molecule has 7 heteroatoms. The van der Waals surface area contributed by atoms with E-state index in [1.54, 1.807) is 17.0 Å². The Hall–Kier alpha value is -3.22. The van der Waals surface area contributed by atoms with Crippen molar-refractivity contribution in [3.63, 3.8) is 0 Å². The molecule has 1 saturated heterocycles. The molecule has 0 saturated carbocycles. The maximum atomic E-state index is 13.1. The number of nitrogens with one attached hydrogen (secondary N) is 2. The SMILES string of the molecule is O=C(NNC(=O)[C@H]1CC(=O)N(c2ccccc2)C1)c1cccc(F)c1. The number of halogens is 1. The Labute approximate surface area is 143 Å². The van der Waals surface area contributed by atoms with E-state index in [2.05, 4.69) is 10.9 Å². The monoisotopic (exact) mass is 341 g/mol. The standard InChI is InChI=1S/C18H16FN3O3/c19-14-6-4-5-12(9-14)17(24)20-21-18(25)13-10-16(23)22(11-13)15-7-2-1-3-8-15/h1-9,13H,10-11H2,(H,20,24)(H,21,25)/t13-/m0/s1. The minimum absolute atomic E-state index is 0.0660. The second-order valence-electron chi connectivity index (χ2n) is 5.69. The highest BCUT2D eigenvalue weighted by Gasteiger charge is 2.35.